The summed E-state index contributed by atoms with van der Waals surface area (Å²) in [7, 11) is 0. The second-order valence-corrected chi connectivity index (χ2v) is 5.90. The lowest BCUT2D eigenvalue weighted by Crippen LogP contribution is -2.42. The van der Waals surface area contributed by atoms with Gasteiger partial charge in [0, 0.05) is 25.0 Å². The van der Waals surface area contributed by atoms with E-state index in [1.165, 1.54) is 0 Å². The van der Waals surface area contributed by atoms with Crippen molar-refractivity contribution in [1.29, 1.82) is 0 Å². The second-order valence-electron chi connectivity index (χ2n) is 5.90. The first kappa shape index (κ1) is 14.1. The van der Waals surface area contributed by atoms with Crippen molar-refractivity contribution >= 4 is 22.7 Å². The van der Waals surface area contributed by atoms with Gasteiger partial charge in [0.05, 0.1) is 11.1 Å². The van der Waals surface area contributed by atoms with E-state index in [-0.39, 0.29) is 0 Å². The lowest BCUT2D eigenvalue weighted by molar-refractivity contribution is 0.0350. The molecule has 112 valence electrons. The maximum absolute atomic E-state index is 10.1. The number of aromatic nitrogens is 2. The normalized spacial score (nSPS) is 18.0. The van der Waals surface area contributed by atoms with E-state index in [2.05, 4.69) is 26.3 Å². The van der Waals surface area contributed by atoms with Crippen molar-refractivity contribution in [1.82, 2.24) is 9.97 Å². The molecule has 0 saturated carbocycles. The highest BCUT2D eigenvalue weighted by atomic mass is 16.3. The van der Waals surface area contributed by atoms with Gasteiger partial charge in [-0.15, -0.1) is 0 Å². The summed E-state index contributed by atoms with van der Waals surface area (Å²) >= 11 is 0. The molecule has 2 heterocycles. The molecule has 5 heteroatoms. The number of fused-ring (bicyclic) bond motifs is 1. The molecule has 5 nitrogen and oxygen atoms in total. The Hall–Kier alpha value is -1.88. The zero-order chi connectivity index (χ0) is 14.9. The van der Waals surface area contributed by atoms with Crippen LogP contribution >= 0.6 is 0 Å². The standard InChI is InChI=1S/C16H22N4O/c1-3-17-15-18-13-7-5-4-6-12(13)14(19-15)20-10-8-16(2,21)9-11-20/h4-7,21H,3,8-11H2,1-2H3,(H,17,18,19). The number of hydrogen-bond donors (Lipinski definition) is 2. The zero-order valence-corrected chi connectivity index (χ0v) is 12.6. The summed E-state index contributed by atoms with van der Waals surface area (Å²) in [6.45, 7) is 6.38. The van der Waals surface area contributed by atoms with Crippen LogP contribution in [0.4, 0.5) is 11.8 Å². The highest BCUT2D eigenvalue weighted by molar-refractivity contribution is 5.90. The molecule has 21 heavy (non-hydrogen) atoms. The van der Waals surface area contributed by atoms with Crippen molar-refractivity contribution in [2.24, 2.45) is 0 Å². The molecular weight excluding hydrogens is 264 g/mol. The number of benzene rings is 1. The summed E-state index contributed by atoms with van der Waals surface area (Å²) in [5.41, 5.74) is 0.403. The molecule has 0 atom stereocenters. The monoisotopic (exact) mass is 286 g/mol. The number of aliphatic hydroxyl groups is 1. The molecule has 1 aliphatic rings. The molecule has 0 aliphatic carbocycles. The highest BCUT2D eigenvalue weighted by Gasteiger charge is 2.28. The Kier molecular flexibility index (Phi) is 3.68. The Labute approximate surface area is 125 Å². The van der Waals surface area contributed by atoms with E-state index >= 15 is 0 Å². The van der Waals surface area contributed by atoms with Crippen molar-refractivity contribution < 1.29 is 5.11 Å². The van der Waals surface area contributed by atoms with Crippen LogP contribution in [0, 0.1) is 0 Å². The summed E-state index contributed by atoms with van der Waals surface area (Å²) in [6.07, 6.45) is 1.53. The molecule has 2 N–H and O–H groups in total. The van der Waals surface area contributed by atoms with Gasteiger partial charge in [0.1, 0.15) is 5.82 Å². The molecule has 1 aliphatic heterocycles. The number of para-hydroxylation sites is 1. The zero-order valence-electron chi connectivity index (χ0n) is 12.6. The Morgan fingerprint density at radius 1 is 1.24 bits per heavy atom. The van der Waals surface area contributed by atoms with Gasteiger partial charge >= 0.3 is 0 Å². The van der Waals surface area contributed by atoms with E-state index in [0.29, 0.717) is 5.95 Å². The summed E-state index contributed by atoms with van der Waals surface area (Å²) in [5.74, 6) is 1.63. The molecule has 0 unspecified atom stereocenters. The third kappa shape index (κ3) is 2.93. The maximum atomic E-state index is 10.1. The quantitative estimate of drug-likeness (QED) is 0.907. The lowest BCUT2D eigenvalue weighted by Gasteiger charge is -2.36. The van der Waals surface area contributed by atoms with E-state index in [1.807, 2.05) is 32.0 Å². The first-order chi connectivity index (χ1) is 10.1. The van der Waals surface area contributed by atoms with Crippen LogP contribution in [0.1, 0.15) is 26.7 Å². The maximum Gasteiger partial charge on any atom is 0.225 e. The molecular formula is C16H22N4O. The van der Waals surface area contributed by atoms with Gasteiger partial charge in [0.25, 0.3) is 0 Å². The molecule has 1 saturated heterocycles. The van der Waals surface area contributed by atoms with E-state index < -0.39 is 5.60 Å². The van der Waals surface area contributed by atoms with Gasteiger partial charge in [-0.25, -0.2) is 4.98 Å². The van der Waals surface area contributed by atoms with Crippen LogP contribution in [0.5, 0.6) is 0 Å². The van der Waals surface area contributed by atoms with E-state index in [4.69, 9.17) is 0 Å². The van der Waals surface area contributed by atoms with Gasteiger partial charge in [-0.3, -0.25) is 0 Å². The molecule has 0 radical (unpaired) electrons. The lowest BCUT2D eigenvalue weighted by atomic mass is 9.94. The predicted octanol–water partition coefficient (Wildman–Crippen LogP) is 2.41. The Bertz CT molecular complexity index is 631. The average Bonchev–Trinajstić information content (AvgIpc) is 2.47. The minimum absolute atomic E-state index is 0.552. The Morgan fingerprint density at radius 3 is 2.67 bits per heavy atom. The first-order valence-corrected chi connectivity index (χ1v) is 7.57. The smallest absolute Gasteiger partial charge is 0.225 e. The molecule has 1 aromatic carbocycles. The third-order valence-electron chi connectivity index (χ3n) is 4.06. The fourth-order valence-corrected chi connectivity index (χ4v) is 2.74. The minimum atomic E-state index is -0.552. The predicted molar refractivity (Wildman–Crippen MR) is 85.8 cm³/mol. The summed E-state index contributed by atoms with van der Waals surface area (Å²) < 4.78 is 0. The fourth-order valence-electron chi connectivity index (χ4n) is 2.74. The molecule has 1 aromatic heterocycles. The number of anilines is 2. The number of nitrogens with one attached hydrogen (secondary N) is 1. The Morgan fingerprint density at radius 2 is 1.95 bits per heavy atom. The summed E-state index contributed by atoms with van der Waals surface area (Å²) in [5, 5.41) is 14.4. The van der Waals surface area contributed by atoms with Gasteiger partial charge in [-0.05, 0) is 38.8 Å². The minimum Gasteiger partial charge on any atom is -0.390 e. The van der Waals surface area contributed by atoms with Crippen molar-refractivity contribution in [3.05, 3.63) is 24.3 Å². The fraction of sp³-hybridized carbons (Fsp3) is 0.500. The Balaban J connectivity index is 2.00. The number of rotatable bonds is 3. The van der Waals surface area contributed by atoms with Gasteiger partial charge in [-0.2, -0.15) is 4.98 Å². The summed E-state index contributed by atoms with van der Waals surface area (Å²) in [4.78, 5) is 11.5. The van der Waals surface area contributed by atoms with Crippen LogP contribution in [0.15, 0.2) is 24.3 Å². The first-order valence-electron chi connectivity index (χ1n) is 7.57. The van der Waals surface area contributed by atoms with Crippen LogP contribution < -0.4 is 10.2 Å². The number of nitrogens with zero attached hydrogens (tertiary/aromatic N) is 3. The molecule has 0 amide bonds. The van der Waals surface area contributed by atoms with Crippen LogP contribution in [0.2, 0.25) is 0 Å². The van der Waals surface area contributed by atoms with Crippen molar-refractivity contribution in [2.45, 2.75) is 32.3 Å². The van der Waals surface area contributed by atoms with Crippen molar-refractivity contribution in [3.8, 4) is 0 Å². The molecule has 0 bridgehead atoms. The van der Waals surface area contributed by atoms with Crippen LogP contribution in [0.25, 0.3) is 10.9 Å². The van der Waals surface area contributed by atoms with Gasteiger partial charge in [0.2, 0.25) is 5.95 Å². The molecule has 0 spiro atoms. The summed E-state index contributed by atoms with van der Waals surface area (Å²) in [6, 6.07) is 8.09. The van der Waals surface area contributed by atoms with E-state index in [0.717, 1.165) is 49.2 Å². The van der Waals surface area contributed by atoms with Crippen LogP contribution in [0.3, 0.4) is 0 Å². The van der Waals surface area contributed by atoms with Gasteiger partial charge < -0.3 is 15.3 Å². The van der Waals surface area contributed by atoms with Crippen molar-refractivity contribution in [3.63, 3.8) is 0 Å². The van der Waals surface area contributed by atoms with Gasteiger partial charge in [-0.1, -0.05) is 12.1 Å². The van der Waals surface area contributed by atoms with Gasteiger partial charge in [0.15, 0.2) is 0 Å². The second kappa shape index (κ2) is 5.48. The van der Waals surface area contributed by atoms with E-state index in [1.54, 1.807) is 0 Å². The highest BCUT2D eigenvalue weighted by Crippen LogP contribution is 2.30. The molecule has 1 fully saturated rings. The number of piperidine rings is 1. The topological polar surface area (TPSA) is 61.3 Å². The third-order valence-corrected chi connectivity index (χ3v) is 4.06. The average molecular weight is 286 g/mol. The van der Waals surface area contributed by atoms with E-state index in [9.17, 15) is 5.11 Å². The molecule has 2 aromatic rings. The SMILES string of the molecule is CCNc1nc(N2CCC(C)(O)CC2)c2ccccc2n1. The largest absolute Gasteiger partial charge is 0.390 e. The van der Waals surface area contributed by atoms with Crippen molar-refractivity contribution in [2.75, 3.05) is 29.9 Å². The van der Waals surface area contributed by atoms with Crippen LogP contribution in [-0.2, 0) is 0 Å². The molecule has 3 rings (SSSR count). The van der Waals surface area contributed by atoms with Crippen LogP contribution in [-0.4, -0.2) is 40.3 Å². The number of hydrogen-bond acceptors (Lipinski definition) is 5.